The number of halogens is 3. The number of para-hydroxylation sites is 1. The number of carbonyl (C=O) groups excluding carboxylic acids is 1. The van der Waals surface area contributed by atoms with Crippen LogP contribution in [0.4, 0.5) is 24.5 Å². The summed E-state index contributed by atoms with van der Waals surface area (Å²) in [5.41, 5.74) is 1.96. The minimum Gasteiger partial charge on any atom is -0.372 e. The van der Waals surface area contributed by atoms with Crippen LogP contribution in [0.2, 0.25) is 0 Å². The molecule has 1 amide bonds. The number of anilines is 2. The van der Waals surface area contributed by atoms with Gasteiger partial charge in [0.25, 0.3) is 0 Å². The highest BCUT2D eigenvalue weighted by Gasteiger charge is 2.35. The smallest absolute Gasteiger partial charge is 0.372 e. The number of nitrogens with one attached hydrogen (secondary N) is 1. The molecule has 156 valence electrons. The summed E-state index contributed by atoms with van der Waals surface area (Å²) < 4.78 is 39.3. The number of hydrogen-bond donors (Lipinski definition) is 1. The van der Waals surface area contributed by atoms with E-state index in [0.717, 1.165) is 30.5 Å². The summed E-state index contributed by atoms with van der Waals surface area (Å²) in [6.07, 6.45) is -2.29. The van der Waals surface area contributed by atoms with Crippen molar-refractivity contribution in [3.05, 3.63) is 54.4 Å². The largest absolute Gasteiger partial charge is 0.451 e. The highest BCUT2D eigenvalue weighted by atomic mass is 32.2. The van der Waals surface area contributed by atoms with Gasteiger partial charge in [0.15, 0.2) is 0 Å². The molecule has 1 aliphatic rings. The van der Waals surface area contributed by atoms with Crippen molar-refractivity contribution in [2.24, 2.45) is 0 Å². The molecule has 2 aromatic carbocycles. The zero-order chi connectivity index (χ0) is 21.1. The van der Waals surface area contributed by atoms with Gasteiger partial charge in [0.2, 0.25) is 11.7 Å². The number of amides is 1. The number of carbonyl (C=O) groups is 1. The fourth-order valence-corrected chi connectivity index (χ4v) is 4.17. The molecule has 30 heavy (non-hydrogen) atoms. The summed E-state index contributed by atoms with van der Waals surface area (Å²) in [5.74, 6) is -1.58. The SMILES string of the molecule is O=C(CSc1nc(C(F)(F)F)nc2ccccc12)Nc1ccc(N2CCCC2)cc1. The van der Waals surface area contributed by atoms with Crippen LogP contribution in [0.3, 0.4) is 0 Å². The lowest BCUT2D eigenvalue weighted by molar-refractivity contribution is -0.145. The van der Waals surface area contributed by atoms with Gasteiger partial charge >= 0.3 is 6.18 Å². The number of benzene rings is 2. The average Bonchev–Trinajstić information content (AvgIpc) is 3.26. The molecule has 0 bridgehead atoms. The Morgan fingerprint density at radius 1 is 1.03 bits per heavy atom. The van der Waals surface area contributed by atoms with Gasteiger partial charge in [-0.2, -0.15) is 13.2 Å². The molecule has 0 aliphatic carbocycles. The minimum absolute atomic E-state index is 0.0633. The molecule has 2 heterocycles. The zero-order valence-electron chi connectivity index (χ0n) is 15.9. The molecule has 1 fully saturated rings. The third kappa shape index (κ3) is 4.67. The van der Waals surface area contributed by atoms with E-state index in [4.69, 9.17) is 0 Å². The Morgan fingerprint density at radius 2 is 1.73 bits per heavy atom. The van der Waals surface area contributed by atoms with Crippen LogP contribution >= 0.6 is 11.8 Å². The predicted octanol–water partition coefficient (Wildman–Crippen LogP) is 4.98. The number of fused-ring (bicyclic) bond motifs is 1. The molecule has 0 unspecified atom stereocenters. The van der Waals surface area contributed by atoms with Gasteiger partial charge < -0.3 is 10.2 Å². The molecule has 3 aromatic rings. The summed E-state index contributed by atoms with van der Waals surface area (Å²) in [4.78, 5) is 21.9. The van der Waals surface area contributed by atoms with Crippen molar-refractivity contribution in [3.8, 4) is 0 Å². The number of aromatic nitrogens is 2. The number of nitrogens with zero attached hydrogens (tertiary/aromatic N) is 3. The van der Waals surface area contributed by atoms with Crippen molar-refractivity contribution in [2.75, 3.05) is 29.1 Å². The van der Waals surface area contributed by atoms with Gasteiger partial charge in [-0.15, -0.1) is 0 Å². The van der Waals surface area contributed by atoms with E-state index in [1.807, 2.05) is 24.3 Å². The van der Waals surface area contributed by atoms with Crippen LogP contribution in [0.25, 0.3) is 10.9 Å². The fraction of sp³-hybridized carbons (Fsp3) is 0.286. The average molecular weight is 432 g/mol. The van der Waals surface area contributed by atoms with Crippen LogP contribution in [0.1, 0.15) is 18.7 Å². The van der Waals surface area contributed by atoms with Crippen molar-refractivity contribution in [2.45, 2.75) is 24.0 Å². The van der Waals surface area contributed by atoms with Crippen LogP contribution in [-0.4, -0.2) is 34.7 Å². The fourth-order valence-electron chi connectivity index (χ4n) is 3.35. The summed E-state index contributed by atoms with van der Waals surface area (Å²) in [7, 11) is 0. The van der Waals surface area contributed by atoms with Crippen LogP contribution in [0, 0.1) is 0 Å². The first-order valence-electron chi connectivity index (χ1n) is 9.52. The van der Waals surface area contributed by atoms with Crippen LogP contribution in [-0.2, 0) is 11.0 Å². The standard InChI is InChI=1S/C21H19F3N4OS/c22-21(23,24)20-26-17-6-2-1-5-16(17)19(27-20)30-13-18(29)25-14-7-9-15(10-8-14)28-11-3-4-12-28/h1-2,5-10H,3-4,11-13H2,(H,25,29). The second kappa shape index (κ2) is 8.51. The number of hydrogen-bond acceptors (Lipinski definition) is 5. The van der Waals surface area contributed by atoms with Crippen molar-refractivity contribution in [1.29, 1.82) is 0 Å². The van der Waals surface area contributed by atoms with Crippen molar-refractivity contribution in [3.63, 3.8) is 0 Å². The molecule has 0 spiro atoms. The normalized spacial score (nSPS) is 14.3. The van der Waals surface area contributed by atoms with Crippen LogP contribution in [0.15, 0.2) is 53.6 Å². The van der Waals surface area contributed by atoms with E-state index in [-0.39, 0.29) is 22.2 Å². The monoisotopic (exact) mass is 432 g/mol. The van der Waals surface area contributed by atoms with Crippen molar-refractivity contribution in [1.82, 2.24) is 9.97 Å². The third-order valence-corrected chi connectivity index (χ3v) is 5.78. The Kier molecular flexibility index (Phi) is 5.80. The Hall–Kier alpha value is -2.81. The summed E-state index contributed by atoms with van der Waals surface area (Å²) >= 11 is 0.960. The lowest BCUT2D eigenvalue weighted by Gasteiger charge is -2.17. The van der Waals surface area contributed by atoms with E-state index in [0.29, 0.717) is 11.1 Å². The highest BCUT2D eigenvalue weighted by molar-refractivity contribution is 8.00. The topological polar surface area (TPSA) is 58.1 Å². The Labute approximate surface area is 175 Å². The first kappa shape index (κ1) is 20.5. The molecular weight excluding hydrogens is 413 g/mol. The molecule has 1 saturated heterocycles. The van der Waals surface area contributed by atoms with E-state index in [2.05, 4.69) is 20.2 Å². The number of thioether (sulfide) groups is 1. The highest BCUT2D eigenvalue weighted by Crippen LogP contribution is 2.32. The first-order valence-corrected chi connectivity index (χ1v) is 10.5. The molecule has 0 atom stereocenters. The van der Waals surface area contributed by atoms with Crippen molar-refractivity contribution >= 4 is 39.9 Å². The van der Waals surface area contributed by atoms with Gasteiger partial charge in [0, 0.05) is 29.9 Å². The Bertz CT molecular complexity index is 1050. The van der Waals surface area contributed by atoms with Gasteiger partial charge in [0.05, 0.1) is 11.3 Å². The maximum Gasteiger partial charge on any atom is 0.451 e. The molecule has 0 saturated carbocycles. The van der Waals surface area contributed by atoms with E-state index >= 15 is 0 Å². The zero-order valence-corrected chi connectivity index (χ0v) is 16.8. The molecule has 4 rings (SSSR count). The third-order valence-electron chi connectivity index (χ3n) is 4.78. The molecule has 9 heteroatoms. The molecule has 1 aliphatic heterocycles. The van der Waals surface area contributed by atoms with Gasteiger partial charge in [0.1, 0.15) is 5.03 Å². The quantitative estimate of drug-likeness (QED) is 0.455. The van der Waals surface area contributed by atoms with Gasteiger partial charge in [-0.25, -0.2) is 9.97 Å². The van der Waals surface area contributed by atoms with Crippen molar-refractivity contribution < 1.29 is 18.0 Å². The lowest BCUT2D eigenvalue weighted by Crippen LogP contribution is -2.18. The number of alkyl halides is 3. The Morgan fingerprint density at radius 3 is 2.43 bits per heavy atom. The molecular formula is C21H19F3N4OS. The predicted molar refractivity (Wildman–Crippen MR) is 112 cm³/mol. The number of rotatable bonds is 5. The summed E-state index contributed by atoms with van der Waals surface area (Å²) in [6, 6.07) is 14.0. The minimum atomic E-state index is -4.65. The van der Waals surface area contributed by atoms with E-state index in [1.165, 1.54) is 18.9 Å². The van der Waals surface area contributed by atoms with E-state index in [9.17, 15) is 18.0 Å². The van der Waals surface area contributed by atoms with Gasteiger partial charge in [-0.1, -0.05) is 30.0 Å². The van der Waals surface area contributed by atoms with E-state index in [1.54, 1.807) is 18.2 Å². The second-order valence-electron chi connectivity index (χ2n) is 6.95. The molecule has 0 radical (unpaired) electrons. The lowest BCUT2D eigenvalue weighted by atomic mass is 10.2. The second-order valence-corrected chi connectivity index (χ2v) is 7.91. The summed E-state index contributed by atoms with van der Waals surface area (Å²) in [5, 5.41) is 3.40. The Balaban J connectivity index is 1.44. The maximum absolute atomic E-state index is 13.1. The van der Waals surface area contributed by atoms with Crippen LogP contribution in [0.5, 0.6) is 0 Å². The molecule has 5 nitrogen and oxygen atoms in total. The molecule has 1 aromatic heterocycles. The van der Waals surface area contributed by atoms with Crippen LogP contribution < -0.4 is 10.2 Å². The maximum atomic E-state index is 13.1. The van der Waals surface area contributed by atoms with Gasteiger partial charge in [-0.05, 0) is 43.2 Å². The summed E-state index contributed by atoms with van der Waals surface area (Å²) in [6.45, 7) is 2.07. The van der Waals surface area contributed by atoms with E-state index < -0.39 is 12.0 Å². The molecule has 1 N–H and O–H groups in total. The first-order chi connectivity index (χ1) is 14.4. The van der Waals surface area contributed by atoms with Gasteiger partial charge in [-0.3, -0.25) is 4.79 Å².